The number of rotatable bonds is 2. The largest absolute Gasteiger partial charge is 0.482 e. The number of hydrogen-bond donors (Lipinski definition) is 1. The minimum atomic E-state index is -4.66. The molecular formula is C19H11F3N4O2. The van der Waals surface area contributed by atoms with E-state index >= 15 is 0 Å². The van der Waals surface area contributed by atoms with Crippen molar-refractivity contribution < 1.29 is 22.7 Å². The standard InChI is InChI=1S/C19H11F3N4O2/c20-19(21,22)17-8-15(26(25-17)14-4-2-1-3-12(14)9-23)11-5-6-16-13(7-11)24-18(27)10-28-16/h1-8H,10H2,(H,24,27). The SMILES string of the molecule is N#Cc1ccccc1-n1nc(C(F)(F)F)cc1-c1ccc2c(c1)NC(=O)CO2. The number of carbonyl (C=O) groups is 1. The zero-order valence-corrected chi connectivity index (χ0v) is 14.1. The van der Waals surface area contributed by atoms with Crippen molar-refractivity contribution in [1.82, 2.24) is 9.78 Å². The minimum Gasteiger partial charge on any atom is -0.482 e. The lowest BCUT2D eigenvalue weighted by Gasteiger charge is -2.18. The number of ether oxygens (including phenoxy) is 1. The van der Waals surface area contributed by atoms with Gasteiger partial charge in [0.1, 0.15) is 11.8 Å². The molecule has 6 nitrogen and oxygen atoms in total. The first kappa shape index (κ1) is 17.6. The van der Waals surface area contributed by atoms with Crippen molar-refractivity contribution in [2.24, 2.45) is 0 Å². The van der Waals surface area contributed by atoms with Gasteiger partial charge in [-0.3, -0.25) is 4.79 Å². The highest BCUT2D eigenvalue weighted by Crippen LogP contribution is 2.37. The molecule has 2 aromatic carbocycles. The van der Waals surface area contributed by atoms with E-state index in [4.69, 9.17) is 4.74 Å². The van der Waals surface area contributed by atoms with Crippen molar-refractivity contribution in [1.29, 1.82) is 5.26 Å². The molecular weight excluding hydrogens is 373 g/mol. The Labute approximate surface area is 156 Å². The van der Waals surface area contributed by atoms with Gasteiger partial charge >= 0.3 is 6.18 Å². The van der Waals surface area contributed by atoms with E-state index in [2.05, 4.69) is 10.4 Å². The van der Waals surface area contributed by atoms with Crippen LogP contribution in [0.1, 0.15) is 11.3 Å². The van der Waals surface area contributed by atoms with Gasteiger partial charge in [-0.1, -0.05) is 12.1 Å². The third-order valence-corrected chi connectivity index (χ3v) is 4.16. The van der Waals surface area contributed by atoms with Crippen LogP contribution in [0.15, 0.2) is 48.5 Å². The van der Waals surface area contributed by atoms with E-state index in [9.17, 15) is 23.2 Å². The fourth-order valence-corrected chi connectivity index (χ4v) is 2.90. The van der Waals surface area contributed by atoms with Crippen LogP contribution < -0.4 is 10.1 Å². The van der Waals surface area contributed by atoms with Crippen LogP contribution in [0.3, 0.4) is 0 Å². The summed E-state index contributed by atoms with van der Waals surface area (Å²) in [7, 11) is 0. The number of nitrogens with zero attached hydrogens (tertiary/aromatic N) is 3. The lowest BCUT2D eigenvalue weighted by atomic mass is 10.1. The minimum absolute atomic E-state index is 0.123. The predicted octanol–water partition coefficient (Wildman–Crippen LogP) is 3.76. The number of para-hydroxylation sites is 1. The number of nitrogens with one attached hydrogen (secondary N) is 1. The van der Waals surface area contributed by atoms with E-state index in [1.165, 1.54) is 18.2 Å². The Morgan fingerprint density at radius 1 is 1.18 bits per heavy atom. The van der Waals surface area contributed by atoms with Crippen LogP contribution in [-0.2, 0) is 11.0 Å². The summed E-state index contributed by atoms with van der Waals surface area (Å²) < 4.78 is 46.3. The van der Waals surface area contributed by atoms with Crippen LogP contribution in [0.2, 0.25) is 0 Å². The molecule has 0 bridgehead atoms. The number of hydrogen-bond acceptors (Lipinski definition) is 4. The van der Waals surface area contributed by atoms with Gasteiger partial charge in [-0.05, 0) is 36.4 Å². The van der Waals surface area contributed by atoms with Crippen LogP contribution in [0.4, 0.5) is 18.9 Å². The van der Waals surface area contributed by atoms with Crippen LogP contribution >= 0.6 is 0 Å². The van der Waals surface area contributed by atoms with Crippen molar-refractivity contribution in [3.8, 4) is 28.8 Å². The van der Waals surface area contributed by atoms with Gasteiger partial charge in [0.05, 0.1) is 22.6 Å². The van der Waals surface area contributed by atoms with Crippen LogP contribution in [-0.4, -0.2) is 22.3 Å². The van der Waals surface area contributed by atoms with E-state index in [0.717, 1.165) is 10.7 Å². The molecule has 0 atom stereocenters. The summed E-state index contributed by atoms with van der Waals surface area (Å²) in [5.74, 6) is 0.0619. The predicted molar refractivity (Wildman–Crippen MR) is 92.8 cm³/mol. The molecule has 0 unspecified atom stereocenters. The Balaban J connectivity index is 1.92. The van der Waals surface area contributed by atoms with Gasteiger partial charge < -0.3 is 10.1 Å². The number of carbonyl (C=O) groups excluding carboxylic acids is 1. The summed E-state index contributed by atoms with van der Waals surface area (Å²) >= 11 is 0. The summed E-state index contributed by atoms with van der Waals surface area (Å²) in [5, 5.41) is 15.6. The highest BCUT2D eigenvalue weighted by atomic mass is 19.4. The zero-order chi connectivity index (χ0) is 19.9. The quantitative estimate of drug-likeness (QED) is 0.730. The number of alkyl halides is 3. The van der Waals surface area contributed by atoms with E-state index in [0.29, 0.717) is 17.0 Å². The molecule has 1 aromatic heterocycles. The third kappa shape index (κ3) is 3.05. The van der Waals surface area contributed by atoms with Gasteiger partial charge in [0.2, 0.25) is 0 Å². The average molecular weight is 384 g/mol. The van der Waals surface area contributed by atoms with Gasteiger partial charge in [-0.15, -0.1) is 0 Å². The highest BCUT2D eigenvalue weighted by molar-refractivity contribution is 5.96. The first-order valence-corrected chi connectivity index (χ1v) is 8.10. The Morgan fingerprint density at radius 2 is 1.96 bits per heavy atom. The Hall–Kier alpha value is -3.80. The number of fused-ring (bicyclic) bond motifs is 1. The van der Waals surface area contributed by atoms with Crippen LogP contribution in [0, 0.1) is 11.3 Å². The van der Waals surface area contributed by atoms with Gasteiger partial charge in [0.15, 0.2) is 12.3 Å². The Bertz CT molecular complexity index is 1130. The molecule has 3 aromatic rings. The van der Waals surface area contributed by atoms with Crippen LogP contribution in [0.5, 0.6) is 5.75 Å². The lowest BCUT2D eigenvalue weighted by Crippen LogP contribution is -2.25. The van der Waals surface area contributed by atoms with Crippen molar-refractivity contribution in [3.63, 3.8) is 0 Å². The van der Waals surface area contributed by atoms with Crippen molar-refractivity contribution in [2.45, 2.75) is 6.18 Å². The second-order valence-electron chi connectivity index (χ2n) is 6.00. The molecule has 2 heterocycles. The molecule has 1 N–H and O–H groups in total. The molecule has 0 fully saturated rings. The zero-order valence-electron chi connectivity index (χ0n) is 14.1. The van der Waals surface area contributed by atoms with E-state index in [1.807, 2.05) is 6.07 Å². The molecule has 140 valence electrons. The second-order valence-corrected chi connectivity index (χ2v) is 6.00. The number of halogens is 3. The molecule has 1 aliphatic heterocycles. The Kier molecular flexibility index (Phi) is 4.04. The summed E-state index contributed by atoms with van der Waals surface area (Å²) in [5.41, 5.74) is 0.151. The number of benzene rings is 2. The number of nitriles is 1. The summed E-state index contributed by atoms with van der Waals surface area (Å²) in [6.07, 6.45) is -4.66. The van der Waals surface area contributed by atoms with E-state index in [1.54, 1.807) is 24.3 Å². The third-order valence-electron chi connectivity index (χ3n) is 4.16. The van der Waals surface area contributed by atoms with Crippen LogP contribution in [0.25, 0.3) is 16.9 Å². The molecule has 28 heavy (non-hydrogen) atoms. The van der Waals surface area contributed by atoms with Crippen molar-refractivity contribution in [2.75, 3.05) is 11.9 Å². The molecule has 1 aliphatic rings. The summed E-state index contributed by atoms with van der Waals surface area (Å²) in [4.78, 5) is 11.5. The topological polar surface area (TPSA) is 79.9 Å². The fraction of sp³-hybridized carbons (Fsp3) is 0.105. The second kappa shape index (κ2) is 6.42. The average Bonchev–Trinajstić information content (AvgIpc) is 3.13. The maximum atomic E-state index is 13.3. The number of amides is 1. The van der Waals surface area contributed by atoms with Gasteiger partial charge in [-0.25, -0.2) is 4.68 Å². The molecule has 0 aliphatic carbocycles. The summed E-state index contributed by atoms with van der Waals surface area (Å²) in [6, 6.07) is 13.7. The molecule has 0 saturated heterocycles. The van der Waals surface area contributed by atoms with E-state index in [-0.39, 0.29) is 29.5 Å². The summed E-state index contributed by atoms with van der Waals surface area (Å²) in [6.45, 7) is -0.127. The van der Waals surface area contributed by atoms with Crippen molar-refractivity contribution >= 4 is 11.6 Å². The van der Waals surface area contributed by atoms with Gasteiger partial charge in [0.25, 0.3) is 5.91 Å². The number of anilines is 1. The molecule has 0 spiro atoms. The van der Waals surface area contributed by atoms with E-state index < -0.39 is 11.9 Å². The molecule has 9 heteroatoms. The first-order chi connectivity index (χ1) is 13.4. The molecule has 0 saturated carbocycles. The van der Waals surface area contributed by atoms with Gasteiger partial charge in [-0.2, -0.15) is 23.5 Å². The van der Waals surface area contributed by atoms with Gasteiger partial charge in [0, 0.05) is 5.56 Å². The first-order valence-electron chi connectivity index (χ1n) is 8.10. The molecule has 0 radical (unpaired) electrons. The smallest absolute Gasteiger partial charge is 0.435 e. The highest BCUT2D eigenvalue weighted by Gasteiger charge is 2.35. The maximum Gasteiger partial charge on any atom is 0.435 e. The molecule has 1 amide bonds. The fourth-order valence-electron chi connectivity index (χ4n) is 2.90. The lowest BCUT2D eigenvalue weighted by molar-refractivity contribution is -0.141. The monoisotopic (exact) mass is 384 g/mol. The number of aromatic nitrogens is 2. The Morgan fingerprint density at radius 3 is 2.71 bits per heavy atom. The van der Waals surface area contributed by atoms with Crippen molar-refractivity contribution in [3.05, 3.63) is 59.8 Å². The normalized spacial score (nSPS) is 13.3. The maximum absolute atomic E-state index is 13.3. The molecule has 4 rings (SSSR count).